The zero-order valence-corrected chi connectivity index (χ0v) is 25.2. The normalized spacial score (nSPS) is 25.9. The maximum Gasteiger partial charge on any atom is 0.407 e. The van der Waals surface area contributed by atoms with Gasteiger partial charge >= 0.3 is 12.1 Å². The van der Waals surface area contributed by atoms with Crippen molar-refractivity contribution in [2.75, 3.05) is 24.6 Å². The van der Waals surface area contributed by atoms with E-state index in [0.717, 1.165) is 5.71 Å². The van der Waals surface area contributed by atoms with Crippen LogP contribution in [0.5, 0.6) is 0 Å². The summed E-state index contributed by atoms with van der Waals surface area (Å²) in [4.78, 5) is 60.7. The Morgan fingerprint density at radius 3 is 2.85 bits per heavy atom. The fraction of sp³-hybridized carbons (Fsp3) is 0.630. The number of carbonyl (C=O) groups is 4. The van der Waals surface area contributed by atoms with Crippen LogP contribution in [0, 0.1) is 0 Å². The molecule has 3 aliphatic heterocycles. The number of nitrogens with one attached hydrogen (secondary N) is 3. The fourth-order valence-electron chi connectivity index (χ4n) is 4.00. The van der Waals surface area contributed by atoms with Crippen molar-refractivity contribution in [1.29, 1.82) is 0 Å². The van der Waals surface area contributed by atoms with Gasteiger partial charge in [-0.2, -0.15) is 12.6 Å². The Hall–Kier alpha value is -2.80. The Labute approximate surface area is 244 Å². The van der Waals surface area contributed by atoms with Crippen molar-refractivity contribution >= 4 is 59.0 Å². The van der Waals surface area contributed by atoms with Crippen molar-refractivity contribution in [2.45, 2.75) is 83.1 Å². The number of carbonyl (C=O) groups excluding carboxylic acids is 4. The number of rotatable bonds is 7. The fourth-order valence-corrected chi connectivity index (χ4v) is 5.31. The quantitative estimate of drug-likeness (QED) is 0.154. The summed E-state index contributed by atoms with van der Waals surface area (Å²) in [6, 6.07) is -1.01. The number of nitrogens with zero attached hydrogens (tertiary/aromatic N) is 2. The zero-order valence-electron chi connectivity index (χ0n) is 23.5. The number of hydrogen-bond acceptors (Lipinski definition) is 10. The van der Waals surface area contributed by atoms with Gasteiger partial charge in [-0.1, -0.05) is 12.2 Å². The molecule has 3 rings (SSSR count). The lowest BCUT2D eigenvalue weighted by atomic mass is 10.0. The summed E-state index contributed by atoms with van der Waals surface area (Å²) < 4.78 is 11.0. The maximum absolute atomic E-state index is 13.4. The summed E-state index contributed by atoms with van der Waals surface area (Å²) in [5, 5.41) is 8.98. The molecule has 0 spiro atoms. The van der Waals surface area contributed by atoms with Crippen LogP contribution in [0.3, 0.4) is 0 Å². The molecule has 0 fully saturated rings. The smallest absolute Gasteiger partial charge is 0.407 e. The first-order valence-electron chi connectivity index (χ1n) is 13.4. The van der Waals surface area contributed by atoms with Crippen LogP contribution in [0.15, 0.2) is 33.9 Å². The number of allylic oxidation sites excluding steroid dienone is 2. The van der Waals surface area contributed by atoms with E-state index in [2.05, 4.69) is 38.6 Å². The van der Waals surface area contributed by atoms with Gasteiger partial charge in [0.1, 0.15) is 28.3 Å². The molecule has 0 aliphatic carbocycles. The molecule has 13 heteroatoms. The zero-order chi connectivity index (χ0) is 29.3. The predicted molar refractivity (Wildman–Crippen MR) is 159 cm³/mol. The summed E-state index contributed by atoms with van der Waals surface area (Å²) >= 11 is 5.63. The lowest BCUT2D eigenvalue weighted by Gasteiger charge is -2.25. The van der Waals surface area contributed by atoms with Gasteiger partial charge in [-0.15, -0.1) is 11.8 Å². The van der Waals surface area contributed by atoms with Crippen molar-refractivity contribution in [3.63, 3.8) is 0 Å². The molecule has 3 N–H and O–H groups in total. The van der Waals surface area contributed by atoms with E-state index in [1.165, 1.54) is 11.8 Å². The van der Waals surface area contributed by atoms with E-state index in [4.69, 9.17) is 9.47 Å². The van der Waals surface area contributed by atoms with Gasteiger partial charge in [0.25, 0.3) is 0 Å². The molecule has 220 valence electrons. The molecule has 40 heavy (non-hydrogen) atoms. The molecule has 3 amide bonds. The van der Waals surface area contributed by atoms with Crippen LogP contribution in [0.1, 0.15) is 59.8 Å². The van der Waals surface area contributed by atoms with Crippen LogP contribution in [-0.4, -0.2) is 82.5 Å². The molecule has 3 aliphatic rings. The summed E-state index contributed by atoms with van der Waals surface area (Å²) in [7, 11) is 0. The van der Waals surface area contributed by atoms with Crippen LogP contribution in [-0.2, 0) is 23.9 Å². The summed E-state index contributed by atoms with van der Waals surface area (Å²) in [5.41, 5.74) is -0.253. The second-order valence-corrected chi connectivity index (χ2v) is 12.4. The Kier molecular flexibility index (Phi) is 11.3. The first-order chi connectivity index (χ1) is 18.9. The molecule has 11 nitrogen and oxygen atoms in total. The van der Waals surface area contributed by atoms with E-state index in [-0.39, 0.29) is 31.8 Å². The van der Waals surface area contributed by atoms with Gasteiger partial charge < -0.3 is 25.4 Å². The third-order valence-electron chi connectivity index (χ3n) is 6.07. The number of esters is 1. The molecule has 0 aromatic heterocycles. The number of aliphatic imine (C=N–C) groups is 2. The van der Waals surface area contributed by atoms with Crippen LogP contribution < -0.4 is 16.0 Å². The standard InChI is InChI=1S/C27H39N5O6S2/c1-26(2,3)38-25(36)28-12-7-9-20-23(34)37-18(8-5-6-13-39)14-21(33)29-15-17-10-11-19(30-17)22-32-27(4,16-40-22)24(35)31-20/h5,8,11,18,20,39H,6-7,9-10,12-16H2,1-4H3,(H,28,36)(H,29,33)(H,31,35)/b8-5+/t18-,20+,27+/m1/s1. The van der Waals surface area contributed by atoms with E-state index in [0.29, 0.717) is 41.5 Å². The minimum atomic E-state index is -1.09. The van der Waals surface area contributed by atoms with E-state index >= 15 is 0 Å². The minimum Gasteiger partial charge on any atom is -0.456 e. The van der Waals surface area contributed by atoms with E-state index in [1.807, 2.05) is 6.08 Å². The van der Waals surface area contributed by atoms with Crippen molar-refractivity contribution in [2.24, 2.45) is 9.98 Å². The van der Waals surface area contributed by atoms with Crippen LogP contribution in [0.25, 0.3) is 0 Å². The average Bonchev–Trinajstić information content (AvgIpc) is 3.50. The molecule has 0 radical (unpaired) electrons. The highest BCUT2D eigenvalue weighted by Crippen LogP contribution is 2.33. The molecule has 4 bridgehead atoms. The minimum absolute atomic E-state index is 0.0798. The highest BCUT2D eigenvalue weighted by molar-refractivity contribution is 8.14. The summed E-state index contributed by atoms with van der Waals surface area (Å²) in [6.07, 6.45) is 5.70. The first kappa shape index (κ1) is 31.7. The van der Waals surface area contributed by atoms with Gasteiger partial charge in [-0.3, -0.25) is 19.6 Å². The number of alkyl carbamates (subject to hydrolysis) is 1. The molecular weight excluding hydrogens is 554 g/mol. The first-order valence-corrected chi connectivity index (χ1v) is 15.0. The molecule has 0 saturated carbocycles. The maximum atomic E-state index is 13.4. The number of hydrogen-bond donors (Lipinski definition) is 4. The van der Waals surface area contributed by atoms with Gasteiger partial charge in [0, 0.05) is 24.4 Å². The van der Waals surface area contributed by atoms with Gasteiger partial charge in [0.15, 0.2) is 0 Å². The van der Waals surface area contributed by atoms with E-state index in [9.17, 15) is 19.2 Å². The number of fused-ring (bicyclic) bond motifs is 3. The Morgan fingerprint density at radius 1 is 1.35 bits per heavy atom. The van der Waals surface area contributed by atoms with Crippen molar-refractivity contribution in [3.05, 3.63) is 23.9 Å². The highest BCUT2D eigenvalue weighted by atomic mass is 32.2. The second kappa shape index (κ2) is 14.2. The largest absolute Gasteiger partial charge is 0.456 e. The third-order valence-corrected chi connectivity index (χ3v) is 7.61. The topological polar surface area (TPSA) is 148 Å². The number of ether oxygens (including phenoxy) is 2. The monoisotopic (exact) mass is 593 g/mol. The summed E-state index contributed by atoms with van der Waals surface area (Å²) in [6.45, 7) is 7.52. The lowest BCUT2D eigenvalue weighted by Crippen LogP contribution is -2.51. The highest BCUT2D eigenvalue weighted by Gasteiger charge is 2.41. The second-order valence-electron chi connectivity index (χ2n) is 10.9. The SMILES string of the molecule is CC(C)(C)OC(=O)NCCC[C@@H]1NC(=O)[C@]2(C)CSC(=N2)C2=CCC(=N2)CNC(=O)C[C@@H](/C=C/CCS)OC1=O. The Bertz CT molecular complexity index is 1110. The molecule has 0 aromatic carbocycles. The predicted octanol–water partition coefficient (Wildman–Crippen LogP) is 2.72. The molecule has 0 aromatic rings. The lowest BCUT2D eigenvalue weighted by molar-refractivity contribution is -0.152. The van der Waals surface area contributed by atoms with Crippen molar-refractivity contribution < 1.29 is 28.7 Å². The molecule has 3 atom stereocenters. The summed E-state index contributed by atoms with van der Waals surface area (Å²) in [5.74, 6) is -0.382. The van der Waals surface area contributed by atoms with E-state index in [1.54, 1.807) is 39.8 Å². The number of thioether (sulfide) groups is 1. The molecule has 3 heterocycles. The van der Waals surface area contributed by atoms with Gasteiger partial charge in [0.05, 0.1) is 18.7 Å². The van der Waals surface area contributed by atoms with Gasteiger partial charge in [-0.05, 0) is 58.8 Å². The van der Waals surface area contributed by atoms with E-state index < -0.39 is 41.3 Å². The number of thiol groups is 1. The van der Waals surface area contributed by atoms with Crippen LogP contribution >= 0.6 is 24.4 Å². The third kappa shape index (κ3) is 9.69. The molecule has 0 saturated heterocycles. The Balaban J connectivity index is 1.79. The van der Waals surface area contributed by atoms with Crippen LogP contribution in [0.2, 0.25) is 0 Å². The number of cyclic esters (lactones) is 1. The van der Waals surface area contributed by atoms with Gasteiger partial charge in [-0.25, -0.2) is 9.59 Å². The molecular formula is C27H39N5O6S2. The van der Waals surface area contributed by atoms with Crippen LogP contribution in [0.4, 0.5) is 4.79 Å². The molecule has 0 unspecified atom stereocenters. The van der Waals surface area contributed by atoms with Crippen molar-refractivity contribution in [1.82, 2.24) is 16.0 Å². The van der Waals surface area contributed by atoms with Crippen molar-refractivity contribution in [3.8, 4) is 0 Å². The average molecular weight is 594 g/mol. The Morgan fingerprint density at radius 2 is 2.12 bits per heavy atom. The van der Waals surface area contributed by atoms with Gasteiger partial charge in [0.2, 0.25) is 11.8 Å². The number of amides is 3.